The van der Waals surface area contributed by atoms with Crippen molar-refractivity contribution in [3.8, 4) is 11.5 Å². The molecule has 1 aromatic heterocycles. The Morgan fingerprint density at radius 3 is 2.11 bits per heavy atom. The van der Waals surface area contributed by atoms with Gasteiger partial charge in [0.25, 0.3) is 5.56 Å². The number of nitrogens with one attached hydrogen (secondary N) is 1. The third-order valence-corrected chi connectivity index (χ3v) is 6.01. The highest BCUT2D eigenvalue weighted by Gasteiger charge is 2.22. The van der Waals surface area contributed by atoms with Crippen LogP contribution < -0.4 is 15.0 Å². The maximum absolute atomic E-state index is 12.2. The molecule has 7 heteroatoms. The lowest BCUT2D eigenvalue weighted by Crippen LogP contribution is -2.18. The van der Waals surface area contributed by atoms with Gasteiger partial charge in [0.1, 0.15) is 11.5 Å². The minimum Gasteiger partial charge on any atom is -0.493 e. The van der Waals surface area contributed by atoms with Gasteiger partial charge in [0, 0.05) is 25.0 Å². The van der Waals surface area contributed by atoms with E-state index in [1.54, 1.807) is 13.0 Å². The monoisotopic (exact) mass is 512 g/mol. The van der Waals surface area contributed by atoms with Crippen LogP contribution in [0.15, 0.2) is 95.8 Å². The molecule has 7 nitrogen and oxygen atoms in total. The summed E-state index contributed by atoms with van der Waals surface area (Å²) < 4.78 is 16.7. The molecule has 0 bridgehead atoms. The molecule has 196 valence electrons. The first-order valence-electron chi connectivity index (χ1n) is 12.8. The minimum absolute atomic E-state index is 0.129. The number of nitrogens with zero attached hydrogens (tertiary/aromatic N) is 1. The molecule has 1 N–H and O–H groups in total. The highest BCUT2D eigenvalue weighted by atomic mass is 16.5. The van der Waals surface area contributed by atoms with Gasteiger partial charge in [0.05, 0.1) is 31.4 Å². The fourth-order valence-corrected chi connectivity index (χ4v) is 4.27. The Labute approximate surface area is 222 Å². The van der Waals surface area contributed by atoms with Crippen LogP contribution in [0.25, 0.3) is 0 Å². The SMILES string of the molecule is CCOC(=O)CCCOc1cccc(OCCc2cc(=O)[nH]nc2C(c2ccccc2)c2ccccc2)c1. The second-order valence-corrected chi connectivity index (χ2v) is 8.73. The lowest BCUT2D eigenvalue weighted by Gasteiger charge is -2.20. The van der Waals surface area contributed by atoms with E-state index in [2.05, 4.69) is 34.5 Å². The van der Waals surface area contributed by atoms with Gasteiger partial charge in [-0.25, -0.2) is 5.10 Å². The minimum atomic E-state index is -0.248. The smallest absolute Gasteiger partial charge is 0.305 e. The fraction of sp³-hybridized carbons (Fsp3) is 0.258. The van der Waals surface area contributed by atoms with Crippen LogP contribution in [-0.4, -0.2) is 36.0 Å². The zero-order valence-corrected chi connectivity index (χ0v) is 21.5. The normalized spacial score (nSPS) is 10.8. The molecule has 38 heavy (non-hydrogen) atoms. The molecule has 1 heterocycles. The number of H-pyrrole nitrogens is 1. The number of hydrogen-bond acceptors (Lipinski definition) is 6. The Balaban J connectivity index is 1.44. The zero-order chi connectivity index (χ0) is 26.6. The van der Waals surface area contributed by atoms with Crippen LogP contribution in [0, 0.1) is 0 Å². The van der Waals surface area contributed by atoms with E-state index in [-0.39, 0.29) is 17.4 Å². The Kier molecular flexibility index (Phi) is 9.68. The molecule has 0 aliphatic heterocycles. The maximum Gasteiger partial charge on any atom is 0.305 e. The molecule has 0 atom stereocenters. The number of hydrogen-bond donors (Lipinski definition) is 1. The molecular weight excluding hydrogens is 480 g/mol. The molecule has 0 radical (unpaired) electrons. The molecule has 0 unspecified atom stereocenters. The van der Waals surface area contributed by atoms with E-state index in [0.717, 1.165) is 22.4 Å². The van der Waals surface area contributed by atoms with Crippen molar-refractivity contribution in [1.82, 2.24) is 10.2 Å². The van der Waals surface area contributed by atoms with Crippen LogP contribution in [0.2, 0.25) is 0 Å². The summed E-state index contributed by atoms with van der Waals surface area (Å²) in [5, 5.41) is 7.11. The first kappa shape index (κ1) is 26.7. The van der Waals surface area contributed by atoms with Crippen molar-refractivity contribution < 1.29 is 19.0 Å². The van der Waals surface area contributed by atoms with Gasteiger partial charge in [-0.05, 0) is 42.2 Å². The number of esters is 1. The fourth-order valence-electron chi connectivity index (χ4n) is 4.27. The van der Waals surface area contributed by atoms with Crippen molar-refractivity contribution in [3.63, 3.8) is 0 Å². The van der Waals surface area contributed by atoms with E-state index < -0.39 is 0 Å². The predicted molar refractivity (Wildman–Crippen MR) is 146 cm³/mol. The van der Waals surface area contributed by atoms with E-state index in [9.17, 15) is 9.59 Å². The second-order valence-electron chi connectivity index (χ2n) is 8.73. The molecular formula is C31H32N2O5. The van der Waals surface area contributed by atoms with E-state index in [1.165, 1.54) is 0 Å². The van der Waals surface area contributed by atoms with Crippen molar-refractivity contribution in [1.29, 1.82) is 0 Å². The second kappa shape index (κ2) is 13.8. The molecule has 0 saturated carbocycles. The summed E-state index contributed by atoms with van der Waals surface area (Å²) in [6.45, 7) is 2.94. The van der Waals surface area contributed by atoms with Crippen LogP contribution >= 0.6 is 0 Å². The molecule has 0 aliphatic carbocycles. The van der Waals surface area contributed by atoms with E-state index in [4.69, 9.17) is 14.2 Å². The van der Waals surface area contributed by atoms with Crippen LogP contribution in [-0.2, 0) is 16.0 Å². The van der Waals surface area contributed by atoms with E-state index in [0.29, 0.717) is 50.6 Å². The van der Waals surface area contributed by atoms with Crippen LogP contribution in [0.5, 0.6) is 11.5 Å². The molecule has 0 saturated heterocycles. The topological polar surface area (TPSA) is 90.5 Å². The highest BCUT2D eigenvalue weighted by Crippen LogP contribution is 2.32. The predicted octanol–water partition coefficient (Wildman–Crippen LogP) is 5.29. The Bertz CT molecular complexity index is 1320. The lowest BCUT2D eigenvalue weighted by molar-refractivity contribution is -0.143. The van der Waals surface area contributed by atoms with Gasteiger partial charge < -0.3 is 14.2 Å². The summed E-state index contributed by atoms with van der Waals surface area (Å²) in [4.78, 5) is 23.7. The zero-order valence-electron chi connectivity index (χ0n) is 21.5. The molecule has 4 aromatic rings. The Morgan fingerprint density at radius 2 is 1.47 bits per heavy atom. The summed E-state index contributed by atoms with van der Waals surface area (Å²) in [5.74, 6) is 0.979. The summed E-state index contributed by atoms with van der Waals surface area (Å²) in [6, 6.07) is 29.3. The van der Waals surface area contributed by atoms with Gasteiger partial charge in [-0.3, -0.25) is 9.59 Å². The van der Waals surface area contributed by atoms with Crippen molar-refractivity contribution in [2.24, 2.45) is 0 Å². The van der Waals surface area contributed by atoms with Gasteiger partial charge in [0.15, 0.2) is 0 Å². The van der Waals surface area contributed by atoms with Crippen molar-refractivity contribution >= 4 is 5.97 Å². The summed E-state index contributed by atoms with van der Waals surface area (Å²) in [6.07, 6.45) is 1.41. The van der Waals surface area contributed by atoms with Crippen molar-refractivity contribution in [3.05, 3.63) is 124 Å². The lowest BCUT2D eigenvalue weighted by atomic mass is 9.86. The first-order chi connectivity index (χ1) is 18.6. The van der Waals surface area contributed by atoms with Crippen LogP contribution in [0.3, 0.4) is 0 Å². The first-order valence-corrected chi connectivity index (χ1v) is 12.8. The van der Waals surface area contributed by atoms with Crippen molar-refractivity contribution in [2.75, 3.05) is 19.8 Å². The summed E-state index contributed by atoms with van der Waals surface area (Å²) in [7, 11) is 0. The third-order valence-electron chi connectivity index (χ3n) is 6.01. The molecule has 0 fully saturated rings. The van der Waals surface area contributed by atoms with Gasteiger partial charge >= 0.3 is 5.97 Å². The number of carbonyl (C=O) groups is 1. The number of ether oxygens (including phenoxy) is 3. The number of aromatic amines is 1. The van der Waals surface area contributed by atoms with E-state index in [1.807, 2.05) is 60.7 Å². The van der Waals surface area contributed by atoms with Gasteiger partial charge in [-0.1, -0.05) is 66.7 Å². The molecule has 3 aromatic carbocycles. The summed E-state index contributed by atoms with van der Waals surface area (Å²) >= 11 is 0. The third kappa shape index (κ3) is 7.56. The number of carbonyl (C=O) groups excluding carboxylic acids is 1. The van der Waals surface area contributed by atoms with Crippen LogP contribution in [0.4, 0.5) is 0 Å². The Morgan fingerprint density at radius 1 is 0.842 bits per heavy atom. The standard InChI is InChI=1S/C31H32N2O5/c1-2-36-29(35)17-10-19-37-26-15-9-16-27(22-26)38-20-18-25-21-28(34)32-33-31(25)30(23-11-5-3-6-12-23)24-13-7-4-8-14-24/h3-9,11-16,21-22,30H,2,10,17-20H2,1H3,(H,32,34). The molecule has 0 spiro atoms. The van der Waals surface area contributed by atoms with Gasteiger partial charge in [-0.15, -0.1) is 0 Å². The summed E-state index contributed by atoms with van der Waals surface area (Å²) in [5.41, 5.74) is 3.56. The average Bonchev–Trinajstić information content (AvgIpc) is 2.94. The molecule has 0 aliphatic rings. The van der Waals surface area contributed by atoms with Crippen molar-refractivity contribution in [2.45, 2.75) is 32.1 Å². The van der Waals surface area contributed by atoms with Gasteiger partial charge in [-0.2, -0.15) is 5.10 Å². The van der Waals surface area contributed by atoms with Gasteiger partial charge in [0.2, 0.25) is 0 Å². The quantitative estimate of drug-likeness (QED) is 0.193. The number of benzene rings is 3. The van der Waals surface area contributed by atoms with Crippen LogP contribution in [0.1, 0.15) is 48.1 Å². The number of rotatable bonds is 13. The maximum atomic E-state index is 12.2. The molecule has 0 amide bonds. The average molecular weight is 513 g/mol. The Hall–Kier alpha value is -4.39. The number of aromatic nitrogens is 2. The highest BCUT2D eigenvalue weighted by molar-refractivity contribution is 5.69. The largest absolute Gasteiger partial charge is 0.493 e. The molecule has 4 rings (SSSR count). The van der Waals surface area contributed by atoms with E-state index >= 15 is 0 Å².